The van der Waals surface area contributed by atoms with Crippen LogP contribution in [0.3, 0.4) is 0 Å². The predicted molar refractivity (Wildman–Crippen MR) is 62.3 cm³/mol. The first-order valence-electron chi connectivity index (χ1n) is 6.31. The fourth-order valence-corrected chi connectivity index (χ4v) is 2.78. The van der Waals surface area contributed by atoms with Crippen LogP contribution in [0.5, 0.6) is 0 Å². The highest BCUT2D eigenvalue weighted by Crippen LogP contribution is 2.48. The minimum Gasteiger partial charge on any atom is -0.319 e. The lowest BCUT2D eigenvalue weighted by atomic mass is 9.80. The van der Waals surface area contributed by atoms with Crippen LogP contribution in [0.4, 0.5) is 0 Å². The fourth-order valence-electron chi connectivity index (χ4n) is 2.78. The smallest absolute Gasteiger partial charge is 0.263 e. The van der Waals surface area contributed by atoms with Gasteiger partial charge in [-0.15, -0.1) is 0 Å². The number of amidine groups is 1. The van der Waals surface area contributed by atoms with Crippen molar-refractivity contribution in [2.45, 2.75) is 50.5 Å². The highest BCUT2D eigenvalue weighted by molar-refractivity contribution is 6.22. The molecule has 3 rings (SSSR count). The molecule has 0 aromatic heterocycles. The van der Waals surface area contributed by atoms with Gasteiger partial charge in [-0.05, 0) is 25.7 Å². The number of carbonyl (C=O) groups is 2. The van der Waals surface area contributed by atoms with Crippen LogP contribution in [0, 0.1) is 5.41 Å². The van der Waals surface area contributed by atoms with Gasteiger partial charge in [0, 0.05) is 0 Å². The van der Waals surface area contributed by atoms with E-state index >= 15 is 0 Å². The summed E-state index contributed by atoms with van der Waals surface area (Å²) in [6.45, 7) is 0. The van der Waals surface area contributed by atoms with Crippen LogP contribution in [0.25, 0.3) is 0 Å². The number of rotatable bonds is 1. The molecule has 0 unspecified atom stereocenters. The molecule has 5 heteroatoms. The van der Waals surface area contributed by atoms with Crippen molar-refractivity contribution in [3.8, 4) is 0 Å². The van der Waals surface area contributed by atoms with Gasteiger partial charge in [0.25, 0.3) is 5.91 Å². The molecule has 1 aliphatic heterocycles. The molecule has 2 amide bonds. The Balaban J connectivity index is 1.89. The number of nitrogens with two attached hydrogens (primary N) is 1. The van der Waals surface area contributed by atoms with Gasteiger partial charge >= 0.3 is 0 Å². The van der Waals surface area contributed by atoms with E-state index in [1.165, 1.54) is 0 Å². The molecule has 0 bridgehead atoms. The van der Waals surface area contributed by atoms with Crippen LogP contribution in [0.1, 0.15) is 44.9 Å². The second-order valence-corrected chi connectivity index (χ2v) is 5.52. The number of nitrogens with one attached hydrogen (secondary N) is 1. The third kappa shape index (κ3) is 1.52. The van der Waals surface area contributed by atoms with Crippen molar-refractivity contribution in [3.05, 3.63) is 0 Å². The summed E-state index contributed by atoms with van der Waals surface area (Å²) in [7, 11) is 0. The summed E-state index contributed by atoms with van der Waals surface area (Å²) in [4.78, 5) is 27.9. The Morgan fingerprint density at radius 2 is 1.71 bits per heavy atom. The molecular weight excluding hydrogens is 218 g/mol. The summed E-state index contributed by atoms with van der Waals surface area (Å²) in [6, 6.07) is 0. The number of amides is 2. The minimum absolute atomic E-state index is 0.192. The third-order valence-electron chi connectivity index (χ3n) is 4.26. The molecule has 0 radical (unpaired) electrons. The molecule has 92 valence electrons. The Hall–Kier alpha value is -1.23. The molecule has 2 saturated carbocycles. The molecule has 2 aliphatic carbocycles. The number of carbonyl (C=O) groups excluding carboxylic acids is 2. The molecule has 0 aromatic carbocycles. The Morgan fingerprint density at radius 1 is 1.06 bits per heavy atom. The van der Waals surface area contributed by atoms with E-state index in [9.17, 15) is 9.59 Å². The van der Waals surface area contributed by atoms with Crippen molar-refractivity contribution >= 4 is 17.6 Å². The number of hydrogen-bond donors (Lipinski definition) is 2. The zero-order chi connectivity index (χ0) is 12.1. The second-order valence-electron chi connectivity index (χ2n) is 5.52. The number of aliphatic imine (C=N–C) groups is 1. The van der Waals surface area contributed by atoms with E-state index in [4.69, 9.17) is 5.73 Å². The topological polar surface area (TPSA) is 84.5 Å². The molecule has 3 N–H and O–H groups in total. The number of nitrogens with zero attached hydrogens (tertiary/aromatic N) is 1. The predicted octanol–water partition coefficient (Wildman–Crippen LogP) is 0.483. The van der Waals surface area contributed by atoms with Crippen molar-refractivity contribution in [1.29, 1.82) is 0 Å². The summed E-state index contributed by atoms with van der Waals surface area (Å²) in [5.41, 5.74) is 4.85. The maximum atomic E-state index is 11.9. The zero-order valence-electron chi connectivity index (χ0n) is 9.79. The van der Waals surface area contributed by atoms with Gasteiger partial charge in [-0.3, -0.25) is 9.59 Å². The standard InChI is InChI=1S/C12H17N3O2/c13-12(4-2-1-3-5-12)8-14-9(16)11(6-7-11)10(17)15-8/h1-7,13H2,(H,14,15,16,17). The first-order chi connectivity index (χ1) is 8.07. The maximum Gasteiger partial charge on any atom is 0.263 e. The summed E-state index contributed by atoms with van der Waals surface area (Å²) >= 11 is 0. The quantitative estimate of drug-likeness (QED) is 0.648. The molecule has 0 atom stereocenters. The Labute approximate surface area is 99.8 Å². The average Bonchev–Trinajstić information content (AvgIpc) is 3.08. The van der Waals surface area contributed by atoms with Crippen LogP contribution in [-0.4, -0.2) is 23.2 Å². The van der Waals surface area contributed by atoms with Crippen molar-refractivity contribution < 1.29 is 9.59 Å². The van der Waals surface area contributed by atoms with Gasteiger partial charge in [0.05, 0.1) is 5.54 Å². The van der Waals surface area contributed by atoms with Crippen molar-refractivity contribution in [1.82, 2.24) is 5.32 Å². The van der Waals surface area contributed by atoms with E-state index in [2.05, 4.69) is 10.3 Å². The van der Waals surface area contributed by atoms with Gasteiger partial charge in [-0.25, -0.2) is 0 Å². The molecular formula is C12H17N3O2. The van der Waals surface area contributed by atoms with E-state index < -0.39 is 11.0 Å². The lowest BCUT2D eigenvalue weighted by molar-refractivity contribution is -0.135. The summed E-state index contributed by atoms with van der Waals surface area (Å²) in [6.07, 6.45) is 6.09. The van der Waals surface area contributed by atoms with E-state index in [0.717, 1.165) is 32.1 Å². The first kappa shape index (κ1) is 10.9. The fraction of sp³-hybridized carbons (Fsp3) is 0.750. The largest absolute Gasteiger partial charge is 0.319 e. The van der Waals surface area contributed by atoms with Gasteiger partial charge in [0.2, 0.25) is 5.91 Å². The van der Waals surface area contributed by atoms with E-state index in [-0.39, 0.29) is 11.8 Å². The van der Waals surface area contributed by atoms with E-state index in [0.29, 0.717) is 18.7 Å². The average molecular weight is 235 g/mol. The molecule has 0 saturated heterocycles. The molecule has 1 spiro atoms. The Morgan fingerprint density at radius 3 is 2.24 bits per heavy atom. The van der Waals surface area contributed by atoms with Crippen LogP contribution < -0.4 is 11.1 Å². The minimum atomic E-state index is -0.825. The third-order valence-corrected chi connectivity index (χ3v) is 4.26. The monoisotopic (exact) mass is 235 g/mol. The summed E-state index contributed by atoms with van der Waals surface area (Å²) in [5, 5.41) is 2.78. The van der Waals surface area contributed by atoms with Gasteiger partial charge in [0.15, 0.2) is 0 Å². The molecule has 3 aliphatic rings. The maximum absolute atomic E-state index is 11.9. The zero-order valence-corrected chi connectivity index (χ0v) is 9.79. The normalized spacial score (nSPS) is 29.8. The Bertz CT molecular complexity index is 417. The molecule has 0 aromatic rings. The second kappa shape index (κ2) is 3.38. The van der Waals surface area contributed by atoms with Gasteiger partial charge in [-0.1, -0.05) is 19.3 Å². The van der Waals surface area contributed by atoms with Gasteiger partial charge < -0.3 is 11.1 Å². The van der Waals surface area contributed by atoms with Gasteiger partial charge in [0.1, 0.15) is 11.3 Å². The summed E-state index contributed by atoms with van der Waals surface area (Å²) < 4.78 is 0. The van der Waals surface area contributed by atoms with Crippen LogP contribution in [0.15, 0.2) is 4.99 Å². The van der Waals surface area contributed by atoms with E-state index in [1.807, 2.05) is 0 Å². The molecule has 17 heavy (non-hydrogen) atoms. The van der Waals surface area contributed by atoms with Crippen LogP contribution in [0.2, 0.25) is 0 Å². The lowest BCUT2D eigenvalue weighted by Gasteiger charge is -2.36. The van der Waals surface area contributed by atoms with E-state index in [1.54, 1.807) is 0 Å². The number of hydrogen-bond acceptors (Lipinski definition) is 3. The van der Waals surface area contributed by atoms with Crippen LogP contribution in [-0.2, 0) is 9.59 Å². The first-order valence-corrected chi connectivity index (χ1v) is 6.31. The summed E-state index contributed by atoms with van der Waals surface area (Å²) in [5.74, 6) is -0.0701. The molecule has 1 heterocycles. The van der Waals surface area contributed by atoms with Crippen molar-refractivity contribution in [2.24, 2.45) is 16.1 Å². The molecule has 5 nitrogen and oxygen atoms in total. The lowest BCUT2D eigenvalue weighted by Crippen LogP contribution is -2.60. The Kier molecular flexibility index (Phi) is 2.17. The van der Waals surface area contributed by atoms with Crippen molar-refractivity contribution in [2.75, 3.05) is 0 Å². The van der Waals surface area contributed by atoms with Crippen molar-refractivity contribution in [3.63, 3.8) is 0 Å². The van der Waals surface area contributed by atoms with Gasteiger partial charge in [-0.2, -0.15) is 4.99 Å². The highest BCUT2D eigenvalue weighted by Gasteiger charge is 2.59. The molecule has 2 fully saturated rings. The van der Waals surface area contributed by atoms with Crippen LogP contribution >= 0.6 is 0 Å². The SMILES string of the molecule is NC1(C2=NC(=O)C3(CC3)C(=O)N2)CCCCC1. The highest BCUT2D eigenvalue weighted by atomic mass is 16.2.